The highest BCUT2D eigenvalue weighted by Crippen LogP contribution is 2.33. The first-order chi connectivity index (χ1) is 12.6. The highest BCUT2D eigenvalue weighted by molar-refractivity contribution is 5.99. The van der Waals surface area contributed by atoms with Gasteiger partial charge in [0.25, 0.3) is 0 Å². The third kappa shape index (κ3) is 3.23. The van der Waals surface area contributed by atoms with Crippen molar-refractivity contribution in [1.82, 2.24) is 9.97 Å². The summed E-state index contributed by atoms with van der Waals surface area (Å²) in [6.07, 6.45) is 1.28. The number of fused-ring (bicyclic) bond motifs is 1. The van der Waals surface area contributed by atoms with Gasteiger partial charge in [0.2, 0.25) is 5.95 Å². The average Bonchev–Trinajstić information content (AvgIpc) is 2.62. The molecule has 1 unspecified atom stereocenters. The number of carbonyl (C=O) groups excluding carboxylic acids is 1. The minimum absolute atomic E-state index is 0.140. The molecule has 2 aromatic carbocycles. The molecule has 0 radical (unpaired) electrons. The van der Waals surface area contributed by atoms with E-state index in [0.717, 1.165) is 23.5 Å². The van der Waals surface area contributed by atoms with Crippen LogP contribution in [0.3, 0.4) is 0 Å². The van der Waals surface area contributed by atoms with Crippen molar-refractivity contribution in [2.75, 3.05) is 5.32 Å². The number of nitrogens with zero attached hydrogens (tertiary/aromatic N) is 2. The van der Waals surface area contributed by atoms with Crippen LogP contribution in [0.2, 0.25) is 0 Å². The molecule has 0 amide bonds. The zero-order valence-electron chi connectivity index (χ0n) is 15.0. The molecule has 3 aromatic rings. The van der Waals surface area contributed by atoms with Crippen LogP contribution in [0.1, 0.15) is 45.2 Å². The Bertz CT molecular complexity index is 966. The summed E-state index contributed by atoms with van der Waals surface area (Å²) in [6, 6.07) is 18.2. The van der Waals surface area contributed by atoms with Gasteiger partial charge in [0, 0.05) is 12.1 Å². The molecule has 4 rings (SSSR count). The molecule has 1 N–H and O–H groups in total. The van der Waals surface area contributed by atoms with Crippen LogP contribution in [-0.2, 0) is 6.42 Å². The van der Waals surface area contributed by atoms with E-state index in [1.807, 2.05) is 37.3 Å². The Balaban J connectivity index is 1.68. The fourth-order valence-electron chi connectivity index (χ4n) is 3.64. The molecule has 0 saturated heterocycles. The Morgan fingerprint density at radius 2 is 1.77 bits per heavy atom. The van der Waals surface area contributed by atoms with Gasteiger partial charge in [-0.1, -0.05) is 48.0 Å². The predicted octanol–water partition coefficient (Wildman–Crippen LogP) is 4.75. The zero-order valence-corrected chi connectivity index (χ0v) is 15.0. The topological polar surface area (TPSA) is 54.9 Å². The molecule has 26 heavy (non-hydrogen) atoms. The van der Waals surface area contributed by atoms with Gasteiger partial charge in [0.05, 0.1) is 17.0 Å². The van der Waals surface area contributed by atoms with Gasteiger partial charge in [-0.25, -0.2) is 9.97 Å². The van der Waals surface area contributed by atoms with E-state index in [4.69, 9.17) is 0 Å². The molecule has 130 valence electrons. The Kier molecular flexibility index (Phi) is 4.25. The van der Waals surface area contributed by atoms with Gasteiger partial charge in [-0.2, -0.15) is 0 Å². The fourth-order valence-corrected chi connectivity index (χ4v) is 3.64. The number of ketones is 1. The smallest absolute Gasteiger partial charge is 0.227 e. The normalized spacial score (nSPS) is 16.2. The van der Waals surface area contributed by atoms with Crippen LogP contribution < -0.4 is 5.32 Å². The van der Waals surface area contributed by atoms with Crippen LogP contribution in [0.4, 0.5) is 11.6 Å². The molecular formula is C22H21N3O. The number of para-hydroxylation sites is 1. The predicted molar refractivity (Wildman–Crippen MR) is 103 cm³/mol. The van der Waals surface area contributed by atoms with E-state index >= 15 is 0 Å². The van der Waals surface area contributed by atoms with Crippen molar-refractivity contribution >= 4 is 17.4 Å². The van der Waals surface area contributed by atoms with E-state index < -0.39 is 0 Å². The van der Waals surface area contributed by atoms with E-state index in [0.29, 0.717) is 17.9 Å². The lowest BCUT2D eigenvalue weighted by Crippen LogP contribution is -2.22. The standard InChI is InChI=1S/C22H21N3O/c1-14-7-6-8-16(11-14)17-12-19-21(20(26)13-17)15(2)23-22(25-19)24-18-9-4-3-5-10-18/h3-11,17H,12-13H2,1-2H3,(H,23,24,25). The highest BCUT2D eigenvalue weighted by Gasteiger charge is 2.29. The maximum atomic E-state index is 12.7. The largest absolute Gasteiger partial charge is 0.324 e. The highest BCUT2D eigenvalue weighted by atomic mass is 16.1. The van der Waals surface area contributed by atoms with E-state index in [2.05, 4.69) is 46.5 Å². The van der Waals surface area contributed by atoms with Crippen LogP contribution in [0.5, 0.6) is 0 Å². The van der Waals surface area contributed by atoms with Crippen molar-refractivity contribution < 1.29 is 4.79 Å². The maximum absolute atomic E-state index is 12.7. The molecule has 1 heterocycles. The summed E-state index contributed by atoms with van der Waals surface area (Å²) in [4.78, 5) is 21.9. The number of aryl methyl sites for hydroxylation is 2. The van der Waals surface area contributed by atoms with E-state index in [1.54, 1.807) is 0 Å². The number of aromatic nitrogens is 2. The lowest BCUT2D eigenvalue weighted by molar-refractivity contribution is 0.0962. The van der Waals surface area contributed by atoms with Crippen LogP contribution in [-0.4, -0.2) is 15.8 Å². The molecule has 0 saturated carbocycles. The summed E-state index contributed by atoms with van der Waals surface area (Å²) in [5.74, 6) is 0.862. The first-order valence-electron chi connectivity index (χ1n) is 8.89. The molecule has 4 nitrogen and oxygen atoms in total. The summed E-state index contributed by atoms with van der Waals surface area (Å²) in [6.45, 7) is 3.97. The van der Waals surface area contributed by atoms with Gasteiger partial charge in [-0.3, -0.25) is 4.79 Å². The van der Waals surface area contributed by atoms with Gasteiger partial charge in [-0.15, -0.1) is 0 Å². The van der Waals surface area contributed by atoms with Crippen molar-refractivity contribution in [1.29, 1.82) is 0 Å². The van der Waals surface area contributed by atoms with Crippen LogP contribution in [0.15, 0.2) is 54.6 Å². The van der Waals surface area contributed by atoms with E-state index in [-0.39, 0.29) is 11.7 Å². The van der Waals surface area contributed by atoms with Gasteiger partial charge in [0.1, 0.15) is 0 Å². The molecule has 0 spiro atoms. The molecule has 4 heteroatoms. The Hall–Kier alpha value is -3.01. The third-order valence-electron chi connectivity index (χ3n) is 4.86. The fraction of sp³-hybridized carbons (Fsp3) is 0.227. The van der Waals surface area contributed by atoms with E-state index in [1.165, 1.54) is 11.1 Å². The lowest BCUT2D eigenvalue weighted by Gasteiger charge is -2.25. The number of carbonyl (C=O) groups is 1. The second-order valence-corrected chi connectivity index (χ2v) is 6.89. The molecule has 1 aliphatic carbocycles. The Morgan fingerprint density at radius 1 is 0.962 bits per heavy atom. The minimum Gasteiger partial charge on any atom is -0.324 e. The van der Waals surface area contributed by atoms with Gasteiger partial charge in [-0.05, 0) is 43.9 Å². The maximum Gasteiger partial charge on any atom is 0.227 e. The molecular weight excluding hydrogens is 322 g/mol. The number of benzene rings is 2. The quantitative estimate of drug-likeness (QED) is 0.745. The lowest BCUT2D eigenvalue weighted by atomic mass is 9.81. The second kappa shape index (κ2) is 6.71. The van der Waals surface area contributed by atoms with Crippen LogP contribution in [0, 0.1) is 13.8 Å². The average molecular weight is 343 g/mol. The summed E-state index contributed by atoms with van der Waals surface area (Å²) < 4.78 is 0. The summed E-state index contributed by atoms with van der Waals surface area (Å²) in [5, 5.41) is 3.24. The van der Waals surface area contributed by atoms with Crippen LogP contribution in [0.25, 0.3) is 0 Å². The zero-order chi connectivity index (χ0) is 18.1. The number of hydrogen-bond acceptors (Lipinski definition) is 4. The summed E-state index contributed by atoms with van der Waals surface area (Å²) >= 11 is 0. The molecule has 1 atom stereocenters. The number of nitrogens with one attached hydrogen (secondary N) is 1. The second-order valence-electron chi connectivity index (χ2n) is 6.89. The molecule has 0 aliphatic heterocycles. The molecule has 1 aromatic heterocycles. The first-order valence-corrected chi connectivity index (χ1v) is 8.89. The number of hydrogen-bond donors (Lipinski definition) is 1. The van der Waals surface area contributed by atoms with Crippen molar-refractivity contribution in [2.45, 2.75) is 32.6 Å². The van der Waals surface area contributed by atoms with Crippen molar-refractivity contribution in [3.63, 3.8) is 0 Å². The molecule has 1 aliphatic rings. The van der Waals surface area contributed by atoms with E-state index in [9.17, 15) is 4.79 Å². The SMILES string of the molecule is Cc1cccc(C2CC(=O)c3c(C)nc(Nc4ccccc4)nc3C2)c1. The molecule has 0 fully saturated rings. The Labute approximate surface area is 153 Å². The summed E-state index contributed by atoms with van der Waals surface area (Å²) in [7, 11) is 0. The number of anilines is 2. The van der Waals surface area contributed by atoms with Gasteiger partial charge >= 0.3 is 0 Å². The Morgan fingerprint density at radius 3 is 2.54 bits per heavy atom. The monoisotopic (exact) mass is 343 g/mol. The first kappa shape index (κ1) is 16.5. The number of Topliss-reactive ketones (excluding diaryl/α,β-unsaturated/α-hetero) is 1. The van der Waals surface area contributed by atoms with Crippen molar-refractivity contribution in [2.24, 2.45) is 0 Å². The van der Waals surface area contributed by atoms with Crippen molar-refractivity contribution in [3.05, 3.63) is 82.7 Å². The summed E-state index contributed by atoms with van der Waals surface area (Å²) in [5.41, 5.74) is 5.65. The number of rotatable bonds is 3. The minimum atomic E-state index is 0.140. The third-order valence-corrected chi connectivity index (χ3v) is 4.86. The molecule has 0 bridgehead atoms. The van der Waals surface area contributed by atoms with Gasteiger partial charge in [0.15, 0.2) is 5.78 Å². The van der Waals surface area contributed by atoms with Crippen LogP contribution >= 0.6 is 0 Å². The van der Waals surface area contributed by atoms with Gasteiger partial charge < -0.3 is 5.32 Å². The van der Waals surface area contributed by atoms with Crippen molar-refractivity contribution in [3.8, 4) is 0 Å².